The third-order valence-corrected chi connectivity index (χ3v) is 6.07. The average molecular weight is 414 g/mol. The minimum Gasteiger partial charge on any atom is -0.472 e. The Morgan fingerprint density at radius 3 is 2.80 bits per heavy atom. The molecular weight excluding hydrogens is 392 g/mol. The third-order valence-electron chi connectivity index (χ3n) is 6.07. The largest absolute Gasteiger partial charge is 0.472 e. The summed E-state index contributed by atoms with van der Waals surface area (Å²) in [5.74, 6) is -2.59. The number of esters is 3. The van der Waals surface area contributed by atoms with Crippen molar-refractivity contribution in [1.29, 1.82) is 0 Å². The minimum atomic E-state index is -1.17. The molecule has 1 fully saturated rings. The normalized spacial score (nSPS) is 29.3. The van der Waals surface area contributed by atoms with E-state index >= 15 is 0 Å². The lowest BCUT2D eigenvalue weighted by atomic mass is 9.66. The van der Waals surface area contributed by atoms with Gasteiger partial charge in [0.1, 0.15) is 18.8 Å². The Morgan fingerprint density at radius 2 is 2.13 bits per heavy atom. The Kier molecular flexibility index (Phi) is 5.09. The SMILES string of the molecule is CC(=O)O[C@@H](C[C@@]12COC(=O)[C@@H]1CC=CC2=O)C1=C(C)C[C@H](c2ccoc2)OC1=O. The zero-order valence-corrected chi connectivity index (χ0v) is 16.7. The summed E-state index contributed by atoms with van der Waals surface area (Å²) < 4.78 is 21.3. The number of ketones is 1. The number of carbonyl (C=O) groups is 4. The fourth-order valence-electron chi connectivity index (χ4n) is 4.55. The van der Waals surface area contributed by atoms with Crippen molar-refractivity contribution in [2.24, 2.45) is 11.3 Å². The number of hydrogen-bond donors (Lipinski definition) is 0. The molecule has 0 radical (unpaired) electrons. The molecule has 0 unspecified atom stereocenters. The van der Waals surface area contributed by atoms with E-state index in [0.717, 1.165) is 5.56 Å². The zero-order valence-electron chi connectivity index (χ0n) is 16.7. The highest BCUT2D eigenvalue weighted by Gasteiger charge is 2.57. The Morgan fingerprint density at radius 1 is 1.33 bits per heavy atom. The zero-order chi connectivity index (χ0) is 21.5. The van der Waals surface area contributed by atoms with Crippen LogP contribution in [0.2, 0.25) is 0 Å². The van der Waals surface area contributed by atoms with Crippen LogP contribution in [0.25, 0.3) is 0 Å². The molecule has 8 nitrogen and oxygen atoms in total. The van der Waals surface area contributed by atoms with Crippen LogP contribution < -0.4 is 0 Å². The van der Waals surface area contributed by atoms with E-state index in [1.807, 2.05) is 0 Å². The van der Waals surface area contributed by atoms with Gasteiger partial charge in [-0.3, -0.25) is 14.4 Å². The Labute approximate surface area is 172 Å². The van der Waals surface area contributed by atoms with E-state index in [0.29, 0.717) is 18.4 Å². The van der Waals surface area contributed by atoms with Gasteiger partial charge in [-0.1, -0.05) is 11.6 Å². The van der Waals surface area contributed by atoms with Crippen molar-refractivity contribution in [3.63, 3.8) is 0 Å². The average Bonchev–Trinajstić information content (AvgIpc) is 3.31. The van der Waals surface area contributed by atoms with Gasteiger partial charge in [0.15, 0.2) is 5.78 Å². The summed E-state index contributed by atoms with van der Waals surface area (Å²) in [4.78, 5) is 49.8. The molecule has 0 aromatic carbocycles. The van der Waals surface area contributed by atoms with Crippen molar-refractivity contribution in [1.82, 2.24) is 0 Å². The molecule has 0 spiro atoms. The fraction of sp³-hybridized carbons (Fsp3) is 0.455. The summed E-state index contributed by atoms with van der Waals surface area (Å²) in [7, 11) is 0. The molecule has 1 aliphatic carbocycles. The first-order valence-electron chi connectivity index (χ1n) is 9.79. The quantitative estimate of drug-likeness (QED) is 0.534. The van der Waals surface area contributed by atoms with Gasteiger partial charge >= 0.3 is 17.9 Å². The molecule has 2 aliphatic heterocycles. The number of carbonyl (C=O) groups excluding carboxylic acids is 4. The van der Waals surface area contributed by atoms with Crippen molar-refractivity contribution < 1.29 is 37.8 Å². The molecule has 30 heavy (non-hydrogen) atoms. The monoisotopic (exact) mass is 414 g/mol. The van der Waals surface area contributed by atoms with E-state index in [1.54, 1.807) is 19.1 Å². The van der Waals surface area contributed by atoms with Gasteiger partial charge in [-0.05, 0) is 25.5 Å². The Hall–Kier alpha value is -3.16. The van der Waals surface area contributed by atoms with Gasteiger partial charge < -0.3 is 18.6 Å². The van der Waals surface area contributed by atoms with E-state index in [2.05, 4.69) is 0 Å². The molecule has 158 valence electrons. The van der Waals surface area contributed by atoms with Crippen molar-refractivity contribution in [2.75, 3.05) is 6.61 Å². The van der Waals surface area contributed by atoms with Crippen molar-refractivity contribution in [3.8, 4) is 0 Å². The van der Waals surface area contributed by atoms with Crippen LogP contribution in [0, 0.1) is 11.3 Å². The van der Waals surface area contributed by atoms with Gasteiger partial charge in [0.25, 0.3) is 0 Å². The summed E-state index contributed by atoms with van der Waals surface area (Å²) >= 11 is 0. The Balaban J connectivity index is 1.68. The highest BCUT2D eigenvalue weighted by atomic mass is 16.6. The van der Waals surface area contributed by atoms with Crippen LogP contribution >= 0.6 is 0 Å². The van der Waals surface area contributed by atoms with Gasteiger partial charge in [0, 0.05) is 25.3 Å². The first kappa shape index (κ1) is 20.1. The lowest BCUT2D eigenvalue weighted by Crippen LogP contribution is -2.45. The first-order valence-corrected chi connectivity index (χ1v) is 9.79. The molecule has 8 heteroatoms. The lowest BCUT2D eigenvalue weighted by molar-refractivity contribution is -0.154. The Bertz CT molecular complexity index is 954. The topological polar surface area (TPSA) is 109 Å². The summed E-state index contributed by atoms with van der Waals surface area (Å²) in [6, 6.07) is 1.72. The van der Waals surface area contributed by atoms with Crippen LogP contribution in [-0.2, 0) is 33.4 Å². The molecule has 3 heterocycles. The second-order valence-electron chi connectivity index (χ2n) is 7.97. The van der Waals surface area contributed by atoms with E-state index < -0.39 is 41.4 Å². The van der Waals surface area contributed by atoms with Crippen LogP contribution in [0.5, 0.6) is 0 Å². The van der Waals surface area contributed by atoms with Gasteiger partial charge in [-0.25, -0.2) is 4.79 Å². The standard InChI is InChI=1S/C22H22O8/c1-12-8-16(14-6-7-27-10-14)30-21(26)19(12)17(29-13(2)23)9-22-11-28-20(25)15(22)4-3-5-18(22)24/h3,5-7,10,15-17H,4,8-9,11H2,1-2H3/t15-,16+,17-,22+/m0/s1. The lowest BCUT2D eigenvalue weighted by Gasteiger charge is -2.36. The molecular formula is C22H22O8. The van der Waals surface area contributed by atoms with Crippen LogP contribution in [0.15, 0.2) is 46.3 Å². The maximum absolute atomic E-state index is 12.9. The van der Waals surface area contributed by atoms with Gasteiger partial charge in [-0.2, -0.15) is 0 Å². The van der Waals surface area contributed by atoms with Crippen molar-refractivity contribution in [2.45, 2.75) is 45.3 Å². The summed E-state index contributed by atoms with van der Waals surface area (Å²) in [6.07, 6.45) is 5.31. The summed E-state index contributed by atoms with van der Waals surface area (Å²) in [6.45, 7) is 2.91. The molecule has 0 N–H and O–H groups in total. The van der Waals surface area contributed by atoms with E-state index in [1.165, 1.54) is 25.5 Å². The van der Waals surface area contributed by atoms with Crippen LogP contribution in [0.1, 0.15) is 44.8 Å². The minimum absolute atomic E-state index is 0.0235. The molecule has 0 saturated carbocycles. The molecule has 0 bridgehead atoms. The maximum Gasteiger partial charge on any atom is 0.338 e. The first-order chi connectivity index (χ1) is 14.3. The van der Waals surface area contributed by atoms with Crippen LogP contribution in [0.4, 0.5) is 0 Å². The van der Waals surface area contributed by atoms with E-state index in [9.17, 15) is 19.2 Å². The second kappa shape index (κ2) is 7.59. The van der Waals surface area contributed by atoms with Gasteiger partial charge in [-0.15, -0.1) is 0 Å². The highest BCUT2D eigenvalue weighted by molar-refractivity contribution is 6.01. The smallest absolute Gasteiger partial charge is 0.338 e. The number of furan rings is 1. The number of hydrogen-bond acceptors (Lipinski definition) is 8. The van der Waals surface area contributed by atoms with E-state index in [4.69, 9.17) is 18.6 Å². The number of rotatable bonds is 5. The number of allylic oxidation sites excluding steroid dienone is 2. The molecule has 4 rings (SSSR count). The third kappa shape index (κ3) is 3.36. The maximum atomic E-state index is 12.9. The van der Waals surface area contributed by atoms with Crippen molar-refractivity contribution >= 4 is 23.7 Å². The predicted octanol–water partition coefficient (Wildman–Crippen LogP) is 2.59. The summed E-state index contributed by atoms with van der Waals surface area (Å²) in [5, 5.41) is 0. The number of ether oxygens (including phenoxy) is 3. The highest BCUT2D eigenvalue weighted by Crippen LogP contribution is 2.47. The number of fused-ring (bicyclic) bond motifs is 1. The van der Waals surface area contributed by atoms with Crippen molar-refractivity contribution in [3.05, 3.63) is 47.5 Å². The predicted molar refractivity (Wildman–Crippen MR) is 101 cm³/mol. The van der Waals surface area contributed by atoms with Crippen LogP contribution in [0.3, 0.4) is 0 Å². The molecule has 1 aromatic heterocycles. The molecule has 4 atom stereocenters. The fourth-order valence-corrected chi connectivity index (χ4v) is 4.55. The van der Waals surface area contributed by atoms with E-state index in [-0.39, 0.29) is 24.4 Å². The van der Waals surface area contributed by atoms with Gasteiger partial charge in [0.2, 0.25) is 0 Å². The molecule has 1 aromatic rings. The molecule has 1 saturated heterocycles. The molecule has 3 aliphatic rings. The van der Waals surface area contributed by atoms with Gasteiger partial charge in [0.05, 0.1) is 29.4 Å². The van der Waals surface area contributed by atoms with Crippen LogP contribution in [-0.4, -0.2) is 36.4 Å². The molecule has 0 amide bonds. The second-order valence-corrected chi connectivity index (χ2v) is 7.97. The number of cyclic esters (lactones) is 2. The summed E-state index contributed by atoms with van der Waals surface area (Å²) in [5.41, 5.74) is 0.466.